The first kappa shape index (κ1) is 22.4. The molecule has 0 saturated heterocycles. The number of halogens is 1. The topological polar surface area (TPSA) is 91.5 Å². The fraction of sp³-hybridized carbons (Fsp3) is 0.556. The Balaban J connectivity index is 2.32. The van der Waals surface area contributed by atoms with Crippen LogP contribution < -0.4 is 21.3 Å². The summed E-state index contributed by atoms with van der Waals surface area (Å²) in [6, 6.07) is 6.33. The molecule has 4 N–H and O–H groups in total. The van der Waals surface area contributed by atoms with Gasteiger partial charge in [0.15, 0.2) is 0 Å². The first-order chi connectivity index (χ1) is 12.6. The van der Waals surface area contributed by atoms with Crippen LogP contribution in [0.25, 0.3) is 0 Å². The van der Waals surface area contributed by atoms with Crippen molar-refractivity contribution in [1.29, 1.82) is 0 Å². The molecule has 7 nitrogen and oxygen atoms in total. The fourth-order valence-corrected chi connectivity index (χ4v) is 2.51. The SMILES string of the molecule is CNCc1cc(CNC)cc(CNC(=O)CCOCCNC(=O)CCl)c1. The lowest BCUT2D eigenvalue weighted by atomic mass is 10.1. The van der Waals surface area contributed by atoms with Crippen LogP contribution in [0.5, 0.6) is 0 Å². The molecule has 0 aliphatic heterocycles. The zero-order valence-electron chi connectivity index (χ0n) is 15.5. The minimum atomic E-state index is -0.230. The molecule has 0 radical (unpaired) electrons. The molecule has 0 fully saturated rings. The van der Waals surface area contributed by atoms with Crippen molar-refractivity contribution in [3.05, 3.63) is 34.9 Å². The highest BCUT2D eigenvalue weighted by atomic mass is 35.5. The van der Waals surface area contributed by atoms with E-state index in [1.54, 1.807) is 0 Å². The van der Waals surface area contributed by atoms with Crippen molar-refractivity contribution in [1.82, 2.24) is 21.3 Å². The van der Waals surface area contributed by atoms with Gasteiger partial charge in [-0.1, -0.05) is 18.2 Å². The highest BCUT2D eigenvalue weighted by Crippen LogP contribution is 2.11. The quantitative estimate of drug-likeness (QED) is 0.294. The molecule has 1 rings (SSSR count). The molecule has 1 aromatic rings. The number of nitrogens with one attached hydrogen (secondary N) is 4. The molecule has 1 aromatic carbocycles. The molecule has 26 heavy (non-hydrogen) atoms. The van der Waals surface area contributed by atoms with E-state index in [-0.39, 0.29) is 24.1 Å². The van der Waals surface area contributed by atoms with Crippen molar-refractivity contribution < 1.29 is 14.3 Å². The zero-order chi connectivity index (χ0) is 19.2. The van der Waals surface area contributed by atoms with Crippen molar-refractivity contribution in [2.75, 3.05) is 39.7 Å². The Bertz CT molecular complexity index is 545. The van der Waals surface area contributed by atoms with Gasteiger partial charge in [0, 0.05) is 32.6 Å². The van der Waals surface area contributed by atoms with Gasteiger partial charge >= 0.3 is 0 Å². The second-order valence-electron chi connectivity index (χ2n) is 5.84. The van der Waals surface area contributed by atoms with Gasteiger partial charge in [0.25, 0.3) is 0 Å². The van der Waals surface area contributed by atoms with Crippen LogP contribution in [0.15, 0.2) is 18.2 Å². The number of rotatable bonds is 13. The maximum Gasteiger partial charge on any atom is 0.235 e. The molecule has 146 valence electrons. The van der Waals surface area contributed by atoms with E-state index in [0.717, 1.165) is 18.7 Å². The molecule has 0 aliphatic rings. The van der Waals surface area contributed by atoms with Crippen LogP contribution in [0.3, 0.4) is 0 Å². The summed E-state index contributed by atoms with van der Waals surface area (Å²) in [6.07, 6.45) is 0.281. The standard InChI is InChI=1S/C18H29ClN4O3/c1-20-11-14-7-15(12-21-2)9-16(8-14)13-23-17(24)3-5-26-6-4-22-18(25)10-19/h7-9,20-21H,3-6,10-13H2,1-2H3,(H,22,25)(H,23,24). The average molecular weight is 385 g/mol. The van der Waals surface area contributed by atoms with Gasteiger partial charge in [-0.05, 0) is 30.8 Å². The van der Waals surface area contributed by atoms with Crippen LogP contribution in [0, 0.1) is 0 Å². The van der Waals surface area contributed by atoms with E-state index in [9.17, 15) is 9.59 Å². The van der Waals surface area contributed by atoms with Gasteiger partial charge in [-0.3, -0.25) is 9.59 Å². The third kappa shape index (κ3) is 9.72. The normalized spacial score (nSPS) is 10.6. The van der Waals surface area contributed by atoms with Gasteiger partial charge < -0.3 is 26.0 Å². The summed E-state index contributed by atoms with van der Waals surface area (Å²) in [7, 11) is 3.82. The monoisotopic (exact) mass is 384 g/mol. The summed E-state index contributed by atoms with van der Waals surface area (Å²) in [5, 5.41) is 11.8. The van der Waals surface area contributed by atoms with Crippen LogP contribution in [0.1, 0.15) is 23.1 Å². The molecule has 0 aliphatic carbocycles. The number of carbonyl (C=O) groups excluding carboxylic acids is 2. The molecule has 0 unspecified atom stereocenters. The van der Waals surface area contributed by atoms with E-state index in [4.69, 9.17) is 16.3 Å². The summed E-state index contributed by atoms with van der Waals surface area (Å²) in [5.74, 6) is -0.358. The fourth-order valence-electron chi connectivity index (χ4n) is 2.42. The van der Waals surface area contributed by atoms with Crippen molar-refractivity contribution in [3.63, 3.8) is 0 Å². The number of amides is 2. The Labute approximate surface area is 160 Å². The number of ether oxygens (including phenoxy) is 1. The summed E-state index contributed by atoms with van der Waals surface area (Å²) in [4.78, 5) is 22.9. The summed E-state index contributed by atoms with van der Waals surface area (Å²) >= 11 is 5.36. The Morgan fingerprint density at radius 1 is 0.885 bits per heavy atom. The lowest BCUT2D eigenvalue weighted by Gasteiger charge is -2.11. The van der Waals surface area contributed by atoms with Crippen molar-refractivity contribution in [2.45, 2.75) is 26.1 Å². The second kappa shape index (κ2) is 13.5. The van der Waals surface area contributed by atoms with Gasteiger partial charge in [0.2, 0.25) is 11.8 Å². The highest BCUT2D eigenvalue weighted by Gasteiger charge is 2.05. The number of alkyl halides is 1. The third-order valence-electron chi connectivity index (χ3n) is 3.53. The van der Waals surface area contributed by atoms with Crippen LogP contribution in [-0.2, 0) is 34.0 Å². The van der Waals surface area contributed by atoms with Crippen molar-refractivity contribution in [3.8, 4) is 0 Å². The lowest BCUT2D eigenvalue weighted by molar-refractivity contribution is -0.122. The Morgan fingerprint density at radius 2 is 1.46 bits per heavy atom. The molecule has 0 heterocycles. The minimum absolute atomic E-state index is 0.0616. The molecular weight excluding hydrogens is 356 g/mol. The van der Waals surface area contributed by atoms with Gasteiger partial charge in [-0.15, -0.1) is 11.6 Å². The molecule has 0 spiro atoms. The number of hydrogen-bond donors (Lipinski definition) is 4. The Hall–Kier alpha value is -1.67. The maximum absolute atomic E-state index is 11.9. The highest BCUT2D eigenvalue weighted by molar-refractivity contribution is 6.27. The smallest absolute Gasteiger partial charge is 0.235 e. The summed E-state index contributed by atoms with van der Waals surface area (Å²) in [5.41, 5.74) is 3.44. The Kier molecular flexibility index (Phi) is 11.6. The number of benzene rings is 1. The van der Waals surface area contributed by atoms with E-state index < -0.39 is 0 Å². The van der Waals surface area contributed by atoms with Crippen molar-refractivity contribution in [2.24, 2.45) is 0 Å². The van der Waals surface area contributed by atoms with E-state index in [1.165, 1.54) is 11.1 Å². The third-order valence-corrected chi connectivity index (χ3v) is 3.77. The van der Waals surface area contributed by atoms with Crippen molar-refractivity contribution >= 4 is 23.4 Å². The van der Waals surface area contributed by atoms with Crippen LogP contribution in [0.2, 0.25) is 0 Å². The first-order valence-electron chi connectivity index (χ1n) is 8.67. The van der Waals surface area contributed by atoms with Gasteiger partial charge in [0.05, 0.1) is 13.2 Å². The minimum Gasteiger partial charge on any atom is -0.379 e. The largest absolute Gasteiger partial charge is 0.379 e. The van der Waals surface area contributed by atoms with Crippen LogP contribution >= 0.6 is 11.6 Å². The molecule has 0 saturated carbocycles. The predicted octanol–water partition coefficient (Wildman–Crippen LogP) is 0.503. The molecule has 8 heteroatoms. The number of carbonyl (C=O) groups is 2. The van der Waals surface area contributed by atoms with E-state index in [0.29, 0.717) is 26.3 Å². The summed E-state index contributed by atoms with van der Waals surface area (Å²) < 4.78 is 5.32. The van der Waals surface area contributed by atoms with E-state index >= 15 is 0 Å². The van der Waals surface area contributed by atoms with Gasteiger partial charge in [0.1, 0.15) is 5.88 Å². The molecule has 0 bridgehead atoms. The molecule has 0 atom stereocenters. The molecular formula is C18H29ClN4O3. The first-order valence-corrected chi connectivity index (χ1v) is 9.20. The Morgan fingerprint density at radius 3 is 2.00 bits per heavy atom. The van der Waals surface area contributed by atoms with Crippen LogP contribution in [-0.4, -0.2) is 51.5 Å². The molecule has 2 amide bonds. The van der Waals surface area contributed by atoms with E-state index in [1.807, 2.05) is 14.1 Å². The maximum atomic E-state index is 11.9. The number of hydrogen-bond acceptors (Lipinski definition) is 5. The van der Waals surface area contributed by atoms with E-state index in [2.05, 4.69) is 39.5 Å². The lowest BCUT2D eigenvalue weighted by Crippen LogP contribution is -2.29. The zero-order valence-corrected chi connectivity index (χ0v) is 16.2. The average Bonchev–Trinajstić information content (AvgIpc) is 2.63. The summed E-state index contributed by atoms with van der Waals surface area (Å²) in [6.45, 7) is 3.11. The predicted molar refractivity (Wildman–Crippen MR) is 103 cm³/mol. The van der Waals surface area contributed by atoms with Gasteiger partial charge in [-0.25, -0.2) is 0 Å². The van der Waals surface area contributed by atoms with Gasteiger partial charge in [-0.2, -0.15) is 0 Å². The molecule has 0 aromatic heterocycles. The second-order valence-corrected chi connectivity index (χ2v) is 6.11. The van der Waals surface area contributed by atoms with Crippen LogP contribution in [0.4, 0.5) is 0 Å².